The maximum absolute atomic E-state index is 11.5. The number of alkyl carbamates (subject to hydrolysis) is 1. The first-order valence-corrected chi connectivity index (χ1v) is 6.93. The highest BCUT2D eigenvalue weighted by Crippen LogP contribution is 2.17. The van der Waals surface area contributed by atoms with Crippen molar-refractivity contribution in [2.75, 3.05) is 0 Å². The number of ether oxygens (including phenoxy) is 1. The molecule has 1 aliphatic rings. The molecule has 1 aliphatic carbocycles. The normalized spacial score (nSPS) is 14.9. The summed E-state index contributed by atoms with van der Waals surface area (Å²) in [7, 11) is 0. The van der Waals surface area contributed by atoms with Crippen LogP contribution in [0.4, 0.5) is 4.79 Å². The second-order valence-electron chi connectivity index (χ2n) is 4.64. The summed E-state index contributed by atoms with van der Waals surface area (Å²) >= 11 is 5.07. The molecule has 0 radical (unpaired) electrons. The van der Waals surface area contributed by atoms with Crippen LogP contribution < -0.4 is 10.6 Å². The number of amides is 1. The summed E-state index contributed by atoms with van der Waals surface area (Å²) in [5.41, 5.74) is 0.951. The summed E-state index contributed by atoms with van der Waals surface area (Å²) in [5, 5.41) is 6.02. The van der Waals surface area contributed by atoms with E-state index in [-0.39, 0.29) is 6.61 Å². The molecule has 0 spiro atoms. The number of hydrogen-bond acceptors (Lipinski definition) is 3. The van der Waals surface area contributed by atoms with Crippen LogP contribution in [0.1, 0.15) is 31.2 Å². The Bertz CT molecular complexity index is 430. The van der Waals surface area contributed by atoms with Crippen molar-refractivity contribution in [2.24, 2.45) is 0 Å². The molecule has 1 aromatic carbocycles. The molecule has 2 N–H and O–H groups in total. The first-order valence-electron chi connectivity index (χ1n) is 6.52. The molecule has 0 saturated heterocycles. The van der Waals surface area contributed by atoms with Gasteiger partial charge in [0.2, 0.25) is 0 Å². The van der Waals surface area contributed by atoms with Crippen molar-refractivity contribution in [1.29, 1.82) is 0 Å². The van der Waals surface area contributed by atoms with Crippen molar-refractivity contribution in [3.8, 4) is 0 Å². The van der Waals surface area contributed by atoms with Gasteiger partial charge in [0.1, 0.15) is 6.61 Å². The average Bonchev–Trinajstić information content (AvgIpc) is 2.90. The highest BCUT2D eigenvalue weighted by molar-refractivity contribution is 7.80. The molecule has 0 aliphatic heterocycles. The maximum atomic E-state index is 11.5. The largest absolute Gasteiger partial charge is 0.444 e. The van der Waals surface area contributed by atoms with Gasteiger partial charge >= 0.3 is 6.09 Å². The van der Waals surface area contributed by atoms with Crippen LogP contribution in [-0.4, -0.2) is 17.2 Å². The molecule has 1 aromatic rings. The fourth-order valence-corrected chi connectivity index (χ4v) is 2.39. The van der Waals surface area contributed by atoms with Crippen molar-refractivity contribution in [3.63, 3.8) is 0 Å². The second kappa shape index (κ2) is 7.09. The van der Waals surface area contributed by atoms with Crippen LogP contribution in [0, 0.1) is 0 Å². The van der Waals surface area contributed by atoms with Crippen LogP contribution in [0.15, 0.2) is 30.3 Å². The predicted octanol–water partition coefficient (Wildman–Crippen LogP) is 2.73. The monoisotopic (exact) mass is 278 g/mol. The highest BCUT2D eigenvalue weighted by Gasteiger charge is 2.16. The van der Waals surface area contributed by atoms with Gasteiger partial charge in [0, 0.05) is 6.04 Å². The molecule has 19 heavy (non-hydrogen) atoms. The van der Waals surface area contributed by atoms with Gasteiger partial charge in [-0.25, -0.2) is 4.79 Å². The number of nitrogens with one attached hydrogen (secondary N) is 2. The van der Waals surface area contributed by atoms with Crippen LogP contribution in [0.3, 0.4) is 0 Å². The second-order valence-corrected chi connectivity index (χ2v) is 5.05. The van der Waals surface area contributed by atoms with E-state index in [1.807, 2.05) is 30.3 Å². The summed E-state index contributed by atoms with van der Waals surface area (Å²) in [5.74, 6) is 0. The van der Waals surface area contributed by atoms with Crippen molar-refractivity contribution < 1.29 is 9.53 Å². The third-order valence-corrected chi connectivity index (χ3v) is 3.34. The number of carbonyl (C=O) groups is 1. The average molecular weight is 278 g/mol. The van der Waals surface area contributed by atoms with E-state index in [0.29, 0.717) is 11.2 Å². The third kappa shape index (κ3) is 4.87. The summed E-state index contributed by atoms with van der Waals surface area (Å²) in [6, 6.07) is 9.93. The Morgan fingerprint density at radius 3 is 2.63 bits per heavy atom. The zero-order valence-corrected chi connectivity index (χ0v) is 11.5. The van der Waals surface area contributed by atoms with Crippen LogP contribution in [0.2, 0.25) is 0 Å². The summed E-state index contributed by atoms with van der Waals surface area (Å²) in [4.78, 5) is 11.5. The van der Waals surface area contributed by atoms with Gasteiger partial charge in [-0.15, -0.1) is 0 Å². The lowest BCUT2D eigenvalue weighted by atomic mass is 10.2. The van der Waals surface area contributed by atoms with E-state index in [1.54, 1.807) is 0 Å². The zero-order valence-electron chi connectivity index (χ0n) is 10.7. The van der Waals surface area contributed by atoms with Gasteiger partial charge in [0.05, 0.1) is 0 Å². The van der Waals surface area contributed by atoms with Crippen molar-refractivity contribution >= 4 is 23.4 Å². The molecule has 0 bridgehead atoms. The molecule has 1 fully saturated rings. The lowest BCUT2D eigenvalue weighted by Crippen LogP contribution is -2.43. The van der Waals surface area contributed by atoms with Crippen LogP contribution in [-0.2, 0) is 11.3 Å². The Labute approximate surface area is 118 Å². The van der Waals surface area contributed by atoms with Gasteiger partial charge in [-0.3, -0.25) is 5.32 Å². The van der Waals surface area contributed by atoms with Gasteiger partial charge in [-0.05, 0) is 30.6 Å². The van der Waals surface area contributed by atoms with Gasteiger partial charge in [0.25, 0.3) is 0 Å². The van der Waals surface area contributed by atoms with Gasteiger partial charge in [-0.1, -0.05) is 43.2 Å². The molecule has 0 aromatic heterocycles. The molecule has 0 unspecified atom stereocenters. The minimum Gasteiger partial charge on any atom is -0.444 e. The van der Waals surface area contributed by atoms with E-state index in [0.717, 1.165) is 18.4 Å². The third-order valence-electron chi connectivity index (χ3n) is 3.12. The molecular formula is C14H18N2O2S. The van der Waals surface area contributed by atoms with Gasteiger partial charge in [0.15, 0.2) is 5.11 Å². The molecule has 4 nitrogen and oxygen atoms in total. The number of benzene rings is 1. The molecule has 1 amide bonds. The van der Waals surface area contributed by atoms with Crippen molar-refractivity contribution in [1.82, 2.24) is 10.6 Å². The lowest BCUT2D eigenvalue weighted by molar-refractivity contribution is 0.145. The van der Waals surface area contributed by atoms with E-state index in [9.17, 15) is 4.79 Å². The van der Waals surface area contributed by atoms with Crippen LogP contribution in [0.5, 0.6) is 0 Å². The lowest BCUT2D eigenvalue weighted by Gasteiger charge is -2.14. The van der Waals surface area contributed by atoms with Crippen molar-refractivity contribution in [2.45, 2.75) is 38.3 Å². The van der Waals surface area contributed by atoms with Crippen LogP contribution in [0.25, 0.3) is 0 Å². The molecule has 1 saturated carbocycles. The Morgan fingerprint density at radius 1 is 1.26 bits per heavy atom. The molecule has 102 valence electrons. The minimum atomic E-state index is -0.514. The number of hydrogen-bond donors (Lipinski definition) is 2. The first kappa shape index (κ1) is 13.8. The quantitative estimate of drug-likeness (QED) is 0.835. The van der Waals surface area contributed by atoms with E-state index < -0.39 is 6.09 Å². The van der Waals surface area contributed by atoms with Crippen LogP contribution >= 0.6 is 12.2 Å². The topological polar surface area (TPSA) is 50.4 Å². The predicted molar refractivity (Wildman–Crippen MR) is 77.8 cm³/mol. The summed E-state index contributed by atoms with van der Waals surface area (Å²) in [6.45, 7) is 0.249. The maximum Gasteiger partial charge on any atom is 0.413 e. The van der Waals surface area contributed by atoms with E-state index in [4.69, 9.17) is 17.0 Å². The molecule has 0 atom stereocenters. The molecule has 0 heterocycles. The minimum absolute atomic E-state index is 0.249. The van der Waals surface area contributed by atoms with E-state index in [2.05, 4.69) is 10.6 Å². The molecular weight excluding hydrogens is 260 g/mol. The number of thiocarbonyl (C=S) groups is 1. The van der Waals surface area contributed by atoms with Crippen molar-refractivity contribution in [3.05, 3.63) is 35.9 Å². The first-order chi connectivity index (χ1) is 9.24. The summed E-state index contributed by atoms with van der Waals surface area (Å²) in [6.07, 6.45) is 4.15. The van der Waals surface area contributed by atoms with E-state index >= 15 is 0 Å². The Morgan fingerprint density at radius 2 is 1.95 bits per heavy atom. The smallest absolute Gasteiger partial charge is 0.413 e. The molecule has 5 heteroatoms. The van der Waals surface area contributed by atoms with E-state index in [1.165, 1.54) is 12.8 Å². The number of rotatable bonds is 3. The number of carbonyl (C=O) groups excluding carboxylic acids is 1. The summed E-state index contributed by atoms with van der Waals surface area (Å²) < 4.78 is 5.09. The molecule has 2 rings (SSSR count). The zero-order chi connectivity index (χ0) is 13.5. The fraction of sp³-hybridized carbons (Fsp3) is 0.429. The standard InChI is InChI=1S/C14H18N2O2S/c17-14(18-10-11-6-2-1-3-7-11)16-13(19)15-12-8-4-5-9-12/h1-3,6-7,12H,4-5,8-10H2,(H2,15,16,17,19). The fourth-order valence-electron chi connectivity index (χ4n) is 2.14. The van der Waals surface area contributed by atoms with Gasteiger partial charge in [-0.2, -0.15) is 0 Å². The Balaban J connectivity index is 1.67. The Kier molecular flexibility index (Phi) is 5.15. The SMILES string of the molecule is O=C(NC(=S)NC1CCCC1)OCc1ccccc1. The van der Waals surface area contributed by atoms with Gasteiger partial charge < -0.3 is 10.1 Å². The Hall–Kier alpha value is -1.62. The highest BCUT2D eigenvalue weighted by atomic mass is 32.1.